The van der Waals surface area contributed by atoms with E-state index in [0.29, 0.717) is 18.3 Å². The summed E-state index contributed by atoms with van der Waals surface area (Å²) in [7, 11) is 0. The highest BCUT2D eigenvalue weighted by Crippen LogP contribution is 2.37. The van der Waals surface area contributed by atoms with Crippen molar-refractivity contribution in [3.8, 4) is 0 Å². The fourth-order valence-corrected chi connectivity index (χ4v) is 2.87. The van der Waals surface area contributed by atoms with E-state index in [2.05, 4.69) is 15.9 Å². The summed E-state index contributed by atoms with van der Waals surface area (Å²) in [5, 5.41) is 8.89. The van der Waals surface area contributed by atoms with E-state index in [-0.39, 0.29) is 18.4 Å². The molecule has 2 rings (SSSR count). The molecule has 0 aliphatic heterocycles. The van der Waals surface area contributed by atoms with Crippen molar-refractivity contribution >= 4 is 27.8 Å². The average Bonchev–Trinajstić information content (AvgIpc) is 3.12. The summed E-state index contributed by atoms with van der Waals surface area (Å²) in [6.45, 7) is 4.14. The van der Waals surface area contributed by atoms with E-state index in [1.807, 2.05) is 23.8 Å². The molecule has 1 amide bonds. The van der Waals surface area contributed by atoms with Gasteiger partial charge >= 0.3 is 5.97 Å². The van der Waals surface area contributed by atoms with Crippen molar-refractivity contribution in [3.63, 3.8) is 0 Å². The molecular weight excluding hydrogens is 324 g/mol. The van der Waals surface area contributed by atoms with E-state index in [1.165, 1.54) is 0 Å². The summed E-state index contributed by atoms with van der Waals surface area (Å²) in [4.78, 5) is 25.1. The standard InChI is InChI=1S/C14H19BrN2O3/c1-3-16(9(2)6-13(18)19)14(20)12-7-10(15)8-17(12)11-4-5-11/h7-9,11H,3-6H2,1-2H3,(H,18,19). The predicted octanol–water partition coefficient (Wildman–Crippen LogP) is 2.91. The van der Waals surface area contributed by atoms with E-state index in [0.717, 1.165) is 17.3 Å². The minimum absolute atomic E-state index is 0.0368. The highest BCUT2D eigenvalue weighted by molar-refractivity contribution is 9.10. The fraction of sp³-hybridized carbons (Fsp3) is 0.571. The molecule has 1 aliphatic carbocycles. The van der Waals surface area contributed by atoms with Gasteiger partial charge in [0, 0.05) is 29.3 Å². The number of nitrogens with zero attached hydrogens (tertiary/aromatic N) is 2. The van der Waals surface area contributed by atoms with Gasteiger partial charge in [-0.05, 0) is 48.7 Å². The molecule has 0 bridgehead atoms. The number of carboxylic acid groups (broad SMARTS) is 1. The molecular formula is C14H19BrN2O3. The number of amides is 1. The lowest BCUT2D eigenvalue weighted by Crippen LogP contribution is -2.40. The Balaban J connectivity index is 2.21. The molecule has 0 saturated heterocycles. The number of carbonyl (C=O) groups is 2. The molecule has 0 spiro atoms. The van der Waals surface area contributed by atoms with Gasteiger partial charge in [0.25, 0.3) is 5.91 Å². The molecule has 20 heavy (non-hydrogen) atoms. The van der Waals surface area contributed by atoms with Gasteiger partial charge in [0.15, 0.2) is 0 Å². The first-order chi connectivity index (χ1) is 9.43. The van der Waals surface area contributed by atoms with E-state index in [1.54, 1.807) is 11.8 Å². The highest BCUT2D eigenvalue weighted by Gasteiger charge is 2.30. The van der Waals surface area contributed by atoms with E-state index < -0.39 is 5.97 Å². The molecule has 1 saturated carbocycles. The molecule has 1 fully saturated rings. The topological polar surface area (TPSA) is 62.5 Å². The van der Waals surface area contributed by atoms with Gasteiger partial charge in [-0.25, -0.2) is 0 Å². The predicted molar refractivity (Wildman–Crippen MR) is 78.8 cm³/mol. The number of hydrogen-bond donors (Lipinski definition) is 1. The Morgan fingerprint density at radius 3 is 2.70 bits per heavy atom. The number of hydrogen-bond acceptors (Lipinski definition) is 2. The van der Waals surface area contributed by atoms with Crippen LogP contribution in [0.2, 0.25) is 0 Å². The lowest BCUT2D eigenvalue weighted by molar-refractivity contribution is -0.138. The van der Waals surface area contributed by atoms with Crippen LogP contribution in [-0.2, 0) is 4.79 Å². The number of rotatable bonds is 6. The summed E-state index contributed by atoms with van der Waals surface area (Å²) >= 11 is 3.41. The van der Waals surface area contributed by atoms with Crippen molar-refractivity contribution in [3.05, 3.63) is 22.4 Å². The van der Waals surface area contributed by atoms with E-state index >= 15 is 0 Å². The number of carbonyl (C=O) groups excluding carboxylic acids is 1. The van der Waals surface area contributed by atoms with Crippen molar-refractivity contribution < 1.29 is 14.7 Å². The largest absolute Gasteiger partial charge is 0.481 e. The Morgan fingerprint density at radius 2 is 2.20 bits per heavy atom. The van der Waals surface area contributed by atoms with E-state index in [9.17, 15) is 9.59 Å². The van der Waals surface area contributed by atoms with Crippen molar-refractivity contribution in [2.75, 3.05) is 6.54 Å². The molecule has 1 aromatic rings. The molecule has 5 nitrogen and oxygen atoms in total. The number of halogens is 1. The van der Waals surface area contributed by atoms with Gasteiger partial charge in [-0.2, -0.15) is 0 Å². The molecule has 110 valence electrons. The lowest BCUT2D eigenvalue weighted by Gasteiger charge is -2.27. The van der Waals surface area contributed by atoms with Crippen LogP contribution >= 0.6 is 15.9 Å². The molecule has 0 aromatic carbocycles. The van der Waals surface area contributed by atoms with Gasteiger partial charge in [0.2, 0.25) is 0 Å². The van der Waals surface area contributed by atoms with Crippen LogP contribution in [0.5, 0.6) is 0 Å². The Kier molecular flexibility index (Phi) is 4.52. The van der Waals surface area contributed by atoms with Crippen LogP contribution in [-0.4, -0.2) is 39.0 Å². The highest BCUT2D eigenvalue weighted by atomic mass is 79.9. The quantitative estimate of drug-likeness (QED) is 0.864. The molecule has 1 atom stereocenters. The molecule has 0 radical (unpaired) electrons. The summed E-state index contributed by atoms with van der Waals surface area (Å²) in [5.74, 6) is -0.985. The van der Waals surface area contributed by atoms with Crippen molar-refractivity contribution in [2.45, 2.75) is 45.2 Å². The van der Waals surface area contributed by atoms with Crippen LogP contribution in [0.15, 0.2) is 16.7 Å². The summed E-state index contributed by atoms with van der Waals surface area (Å²) in [6.07, 6.45) is 4.09. The molecule has 1 aromatic heterocycles. The third kappa shape index (κ3) is 3.23. The average molecular weight is 343 g/mol. The Bertz CT molecular complexity index is 522. The monoisotopic (exact) mass is 342 g/mol. The zero-order valence-corrected chi connectivity index (χ0v) is 13.3. The molecule has 1 heterocycles. The Morgan fingerprint density at radius 1 is 1.55 bits per heavy atom. The van der Waals surface area contributed by atoms with Crippen LogP contribution in [0, 0.1) is 0 Å². The zero-order valence-electron chi connectivity index (χ0n) is 11.7. The number of carboxylic acids is 1. The van der Waals surface area contributed by atoms with Crippen LogP contribution in [0.3, 0.4) is 0 Å². The Labute approximate surface area is 126 Å². The van der Waals surface area contributed by atoms with Gasteiger partial charge in [0.1, 0.15) is 5.69 Å². The lowest BCUT2D eigenvalue weighted by atomic mass is 10.2. The first-order valence-corrected chi connectivity index (χ1v) is 7.63. The second-order valence-electron chi connectivity index (χ2n) is 5.22. The number of aromatic nitrogens is 1. The van der Waals surface area contributed by atoms with Crippen LogP contribution in [0.25, 0.3) is 0 Å². The molecule has 1 unspecified atom stereocenters. The van der Waals surface area contributed by atoms with Gasteiger partial charge in [-0.3, -0.25) is 9.59 Å². The van der Waals surface area contributed by atoms with Gasteiger partial charge in [-0.1, -0.05) is 0 Å². The SMILES string of the molecule is CCN(C(=O)c1cc(Br)cn1C1CC1)C(C)CC(=O)O. The normalized spacial score (nSPS) is 15.9. The van der Waals surface area contributed by atoms with E-state index in [4.69, 9.17) is 5.11 Å². The second-order valence-corrected chi connectivity index (χ2v) is 6.14. The van der Waals surface area contributed by atoms with Crippen molar-refractivity contribution in [1.29, 1.82) is 0 Å². The smallest absolute Gasteiger partial charge is 0.305 e. The summed E-state index contributed by atoms with van der Waals surface area (Å²) in [6, 6.07) is 1.91. The van der Waals surface area contributed by atoms with Crippen molar-refractivity contribution in [1.82, 2.24) is 9.47 Å². The van der Waals surface area contributed by atoms with Crippen molar-refractivity contribution in [2.24, 2.45) is 0 Å². The molecule has 1 N–H and O–H groups in total. The maximum Gasteiger partial charge on any atom is 0.305 e. The van der Waals surface area contributed by atoms with Gasteiger partial charge in [-0.15, -0.1) is 0 Å². The maximum atomic E-state index is 12.7. The third-order valence-electron chi connectivity index (χ3n) is 3.58. The first-order valence-electron chi connectivity index (χ1n) is 6.84. The zero-order chi connectivity index (χ0) is 14.9. The third-order valence-corrected chi connectivity index (χ3v) is 4.01. The van der Waals surface area contributed by atoms with Crippen LogP contribution in [0.1, 0.15) is 49.6 Å². The summed E-state index contributed by atoms with van der Waals surface area (Å²) < 4.78 is 2.89. The number of aliphatic carboxylic acids is 1. The van der Waals surface area contributed by atoms with Gasteiger partial charge < -0.3 is 14.6 Å². The molecule has 1 aliphatic rings. The van der Waals surface area contributed by atoms with Crippen LogP contribution in [0.4, 0.5) is 0 Å². The maximum absolute atomic E-state index is 12.7. The first kappa shape index (κ1) is 15.1. The fourth-order valence-electron chi connectivity index (χ4n) is 2.44. The molecule has 6 heteroatoms. The van der Waals surface area contributed by atoms with Crippen LogP contribution < -0.4 is 0 Å². The summed E-state index contributed by atoms with van der Waals surface area (Å²) in [5.41, 5.74) is 0.637. The minimum Gasteiger partial charge on any atom is -0.481 e. The second kappa shape index (κ2) is 5.99. The van der Waals surface area contributed by atoms with Gasteiger partial charge in [0.05, 0.1) is 6.42 Å². The Hall–Kier alpha value is -1.30. The minimum atomic E-state index is -0.887.